The molecule has 0 spiro atoms. The van der Waals surface area contributed by atoms with Crippen LogP contribution in [0.4, 0.5) is 0 Å². The molecule has 7 heteroatoms. The number of benzene rings is 1. The van der Waals surface area contributed by atoms with Crippen molar-refractivity contribution in [2.75, 3.05) is 7.11 Å². The van der Waals surface area contributed by atoms with Gasteiger partial charge in [-0.15, -0.1) is 0 Å². The zero-order valence-electron chi connectivity index (χ0n) is 12.1. The van der Waals surface area contributed by atoms with Gasteiger partial charge in [-0.2, -0.15) is 0 Å². The molecule has 1 aromatic rings. The number of hydrogen-bond acceptors (Lipinski definition) is 4. The van der Waals surface area contributed by atoms with E-state index in [9.17, 15) is 9.59 Å². The topological polar surface area (TPSA) is 79.5 Å². The maximum Gasteiger partial charge on any atom is 0.242 e. The molecular weight excluding hydrogens is 290 g/mol. The summed E-state index contributed by atoms with van der Waals surface area (Å²) in [7, 11) is 1.58. The Bertz CT molecular complexity index is 503. The first-order chi connectivity index (χ1) is 10.0. The molecule has 0 unspecified atom stereocenters. The molecule has 0 atom stereocenters. The minimum atomic E-state index is -0.257. The molecule has 0 bridgehead atoms. The molecule has 0 aliphatic heterocycles. The number of hydrogen-bond donors (Lipinski definition) is 3. The Morgan fingerprint density at radius 3 is 2.38 bits per heavy atom. The molecule has 1 rings (SSSR count). The molecule has 0 radical (unpaired) electrons. The van der Waals surface area contributed by atoms with Crippen LogP contribution in [-0.2, 0) is 16.0 Å². The highest BCUT2D eigenvalue weighted by molar-refractivity contribution is 7.80. The van der Waals surface area contributed by atoms with E-state index in [0.717, 1.165) is 17.7 Å². The zero-order chi connectivity index (χ0) is 15.7. The first kappa shape index (κ1) is 16.9. The number of carbonyl (C=O) groups excluding carboxylic acids is 2. The number of thiocarbonyl (C=S) groups is 1. The normalized spacial score (nSPS) is 9.62. The average Bonchev–Trinajstić information content (AvgIpc) is 2.46. The summed E-state index contributed by atoms with van der Waals surface area (Å²) < 4.78 is 5.04. The van der Waals surface area contributed by atoms with Crippen molar-refractivity contribution < 1.29 is 14.3 Å². The maximum atomic E-state index is 11.7. The number of carbonyl (C=O) groups is 2. The largest absolute Gasteiger partial charge is 0.497 e. The molecule has 21 heavy (non-hydrogen) atoms. The van der Waals surface area contributed by atoms with Crippen molar-refractivity contribution in [1.29, 1.82) is 0 Å². The van der Waals surface area contributed by atoms with Crippen LogP contribution >= 0.6 is 12.2 Å². The quantitative estimate of drug-likeness (QED) is 0.560. The van der Waals surface area contributed by atoms with E-state index in [0.29, 0.717) is 6.42 Å². The third kappa shape index (κ3) is 6.71. The molecule has 0 fully saturated rings. The molecule has 2 amide bonds. The van der Waals surface area contributed by atoms with E-state index >= 15 is 0 Å². The number of hydrazine groups is 1. The molecule has 3 N–H and O–H groups in total. The number of nitrogens with one attached hydrogen (secondary N) is 3. The van der Waals surface area contributed by atoms with Gasteiger partial charge in [0.1, 0.15) is 5.75 Å². The number of methoxy groups -OCH3 is 1. The third-order valence-corrected chi connectivity index (χ3v) is 2.77. The van der Waals surface area contributed by atoms with Crippen LogP contribution in [0.1, 0.15) is 25.3 Å². The second kappa shape index (κ2) is 8.91. The van der Waals surface area contributed by atoms with Gasteiger partial charge in [0, 0.05) is 6.42 Å². The minimum Gasteiger partial charge on any atom is -0.497 e. The van der Waals surface area contributed by atoms with Crippen LogP contribution in [0.25, 0.3) is 0 Å². The van der Waals surface area contributed by atoms with Crippen molar-refractivity contribution in [3.63, 3.8) is 0 Å². The van der Waals surface area contributed by atoms with E-state index in [1.807, 2.05) is 6.92 Å². The van der Waals surface area contributed by atoms with E-state index < -0.39 is 0 Å². The molecule has 6 nitrogen and oxygen atoms in total. The van der Waals surface area contributed by atoms with Gasteiger partial charge in [-0.1, -0.05) is 19.1 Å². The van der Waals surface area contributed by atoms with Gasteiger partial charge in [0.2, 0.25) is 11.8 Å². The number of rotatable bonds is 5. The lowest BCUT2D eigenvalue weighted by Crippen LogP contribution is -2.48. The molecular formula is C14H19N3O3S. The summed E-state index contributed by atoms with van der Waals surface area (Å²) in [5, 5.41) is 2.55. The lowest BCUT2D eigenvalue weighted by Gasteiger charge is -2.10. The second-order valence-electron chi connectivity index (χ2n) is 4.33. The predicted molar refractivity (Wildman–Crippen MR) is 83.6 cm³/mol. The Hall–Kier alpha value is -2.15. The summed E-state index contributed by atoms with van der Waals surface area (Å²) >= 11 is 4.89. The maximum absolute atomic E-state index is 11.7. The smallest absolute Gasteiger partial charge is 0.242 e. The van der Waals surface area contributed by atoms with Crippen molar-refractivity contribution in [2.45, 2.75) is 26.2 Å². The van der Waals surface area contributed by atoms with Gasteiger partial charge in [0.05, 0.1) is 13.5 Å². The summed E-state index contributed by atoms with van der Waals surface area (Å²) in [5.74, 6) is 0.295. The monoisotopic (exact) mass is 309 g/mol. The fourth-order valence-corrected chi connectivity index (χ4v) is 1.71. The molecule has 0 aliphatic carbocycles. The van der Waals surface area contributed by atoms with Gasteiger partial charge in [-0.05, 0) is 36.3 Å². The van der Waals surface area contributed by atoms with Crippen molar-refractivity contribution >= 4 is 29.1 Å². The fraction of sp³-hybridized carbons (Fsp3) is 0.357. The SMILES string of the molecule is CCCC(=O)NC(=S)NNC(=O)Cc1ccc(OC)cc1. The summed E-state index contributed by atoms with van der Waals surface area (Å²) in [5.41, 5.74) is 5.76. The second-order valence-corrected chi connectivity index (χ2v) is 4.73. The lowest BCUT2D eigenvalue weighted by atomic mass is 10.1. The van der Waals surface area contributed by atoms with Crippen LogP contribution in [-0.4, -0.2) is 24.0 Å². The molecule has 0 saturated heterocycles. The molecule has 0 heterocycles. The van der Waals surface area contributed by atoms with Crippen LogP contribution in [0.5, 0.6) is 5.75 Å². The Labute approximate surface area is 129 Å². The van der Waals surface area contributed by atoms with Gasteiger partial charge in [-0.25, -0.2) is 0 Å². The zero-order valence-corrected chi connectivity index (χ0v) is 12.9. The van der Waals surface area contributed by atoms with Crippen molar-refractivity contribution in [3.05, 3.63) is 29.8 Å². The highest BCUT2D eigenvalue weighted by atomic mass is 32.1. The lowest BCUT2D eigenvalue weighted by molar-refractivity contribution is -0.122. The van der Waals surface area contributed by atoms with Gasteiger partial charge < -0.3 is 10.1 Å². The van der Waals surface area contributed by atoms with Gasteiger partial charge in [-0.3, -0.25) is 20.4 Å². The van der Waals surface area contributed by atoms with Crippen LogP contribution in [0, 0.1) is 0 Å². The highest BCUT2D eigenvalue weighted by Crippen LogP contribution is 2.11. The van der Waals surface area contributed by atoms with Crippen LogP contribution < -0.4 is 20.9 Å². The van der Waals surface area contributed by atoms with E-state index in [1.165, 1.54) is 0 Å². The standard InChI is InChI=1S/C14H19N3O3S/c1-3-4-12(18)15-14(21)17-16-13(19)9-10-5-7-11(20-2)8-6-10/h5-8H,3-4,9H2,1-2H3,(H,16,19)(H2,15,17,18,21). The van der Waals surface area contributed by atoms with E-state index in [4.69, 9.17) is 17.0 Å². The average molecular weight is 309 g/mol. The van der Waals surface area contributed by atoms with Crippen LogP contribution in [0.3, 0.4) is 0 Å². The fourth-order valence-electron chi connectivity index (χ4n) is 1.55. The Morgan fingerprint density at radius 2 is 1.81 bits per heavy atom. The van der Waals surface area contributed by atoms with Crippen molar-refractivity contribution in [3.8, 4) is 5.75 Å². The first-order valence-corrected chi connectivity index (χ1v) is 6.97. The molecule has 0 saturated carbocycles. The Morgan fingerprint density at radius 1 is 1.14 bits per heavy atom. The Kier molecular flexibility index (Phi) is 7.17. The highest BCUT2D eigenvalue weighted by Gasteiger charge is 2.06. The number of ether oxygens (including phenoxy) is 1. The summed E-state index contributed by atoms with van der Waals surface area (Å²) in [4.78, 5) is 23.0. The van der Waals surface area contributed by atoms with Gasteiger partial charge >= 0.3 is 0 Å². The molecule has 1 aromatic carbocycles. The summed E-state index contributed by atoms with van der Waals surface area (Å²) in [6.07, 6.45) is 1.32. The van der Waals surface area contributed by atoms with E-state index in [-0.39, 0.29) is 23.3 Å². The predicted octanol–water partition coefficient (Wildman–Crippen LogP) is 1.06. The van der Waals surface area contributed by atoms with Gasteiger partial charge in [0.15, 0.2) is 5.11 Å². The Balaban J connectivity index is 2.33. The van der Waals surface area contributed by atoms with Crippen molar-refractivity contribution in [2.24, 2.45) is 0 Å². The molecule has 0 aromatic heterocycles. The van der Waals surface area contributed by atoms with Crippen LogP contribution in [0.2, 0.25) is 0 Å². The molecule has 114 valence electrons. The first-order valence-electron chi connectivity index (χ1n) is 6.56. The minimum absolute atomic E-state index is 0.0801. The molecule has 0 aliphatic rings. The van der Waals surface area contributed by atoms with Crippen LogP contribution in [0.15, 0.2) is 24.3 Å². The van der Waals surface area contributed by atoms with E-state index in [1.54, 1.807) is 31.4 Å². The van der Waals surface area contributed by atoms with E-state index in [2.05, 4.69) is 16.2 Å². The van der Waals surface area contributed by atoms with Crippen molar-refractivity contribution in [1.82, 2.24) is 16.2 Å². The summed E-state index contributed by atoms with van der Waals surface area (Å²) in [6, 6.07) is 7.18. The summed E-state index contributed by atoms with van der Waals surface area (Å²) in [6.45, 7) is 1.90. The number of amides is 2. The third-order valence-electron chi connectivity index (χ3n) is 2.57. The van der Waals surface area contributed by atoms with Gasteiger partial charge in [0.25, 0.3) is 0 Å².